The lowest BCUT2D eigenvalue weighted by Crippen LogP contribution is -2.25. The molecule has 1 amide bonds. The lowest BCUT2D eigenvalue weighted by molar-refractivity contribution is 0.0953. The van der Waals surface area contributed by atoms with Crippen LogP contribution in [0.25, 0.3) is 0 Å². The third-order valence-electron chi connectivity index (χ3n) is 4.04. The summed E-state index contributed by atoms with van der Waals surface area (Å²) in [5.74, 6) is -0.183. The zero-order valence-corrected chi connectivity index (χ0v) is 16.1. The fraction of sp³-hybridized carbons (Fsp3) is 0.350. The van der Waals surface area contributed by atoms with E-state index in [4.69, 9.17) is 0 Å². The molecule has 0 aliphatic carbocycles. The van der Waals surface area contributed by atoms with E-state index < -0.39 is 10.0 Å². The first-order chi connectivity index (χ1) is 12.4. The minimum Gasteiger partial charge on any atom is -0.352 e. The van der Waals surface area contributed by atoms with Crippen LogP contribution < -0.4 is 10.0 Å². The molecule has 0 aliphatic rings. The fourth-order valence-electron chi connectivity index (χ4n) is 2.55. The molecule has 2 aromatic carbocycles. The highest BCUT2D eigenvalue weighted by Crippen LogP contribution is 2.12. The van der Waals surface area contributed by atoms with E-state index in [1.54, 1.807) is 0 Å². The van der Waals surface area contributed by atoms with Crippen molar-refractivity contribution in [2.75, 3.05) is 6.54 Å². The van der Waals surface area contributed by atoms with Crippen LogP contribution in [0.1, 0.15) is 47.7 Å². The van der Waals surface area contributed by atoms with Crippen molar-refractivity contribution in [1.29, 1.82) is 0 Å². The quantitative estimate of drug-likeness (QED) is 0.661. The zero-order chi connectivity index (χ0) is 19.0. The molecule has 2 aromatic rings. The summed E-state index contributed by atoms with van der Waals surface area (Å²) in [6.45, 7) is 4.92. The highest BCUT2D eigenvalue weighted by atomic mass is 32.2. The second-order valence-corrected chi connectivity index (χ2v) is 8.07. The van der Waals surface area contributed by atoms with Gasteiger partial charge < -0.3 is 5.32 Å². The number of carbonyl (C=O) groups excluding carboxylic acids is 1. The minimum absolute atomic E-state index is 0.146. The number of nitrogens with one attached hydrogen (secondary N) is 2. The summed E-state index contributed by atoms with van der Waals surface area (Å²) in [7, 11) is -3.62. The second kappa shape index (κ2) is 9.50. The number of hydrogen-bond acceptors (Lipinski definition) is 3. The summed E-state index contributed by atoms with van der Waals surface area (Å²) < 4.78 is 27.4. The maximum Gasteiger partial charge on any atom is 0.251 e. The maximum absolute atomic E-state index is 12.4. The Morgan fingerprint density at radius 2 is 1.77 bits per heavy atom. The van der Waals surface area contributed by atoms with E-state index in [0.717, 1.165) is 30.4 Å². The summed E-state index contributed by atoms with van der Waals surface area (Å²) in [5, 5.41) is 2.84. The van der Waals surface area contributed by atoms with Crippen LogP contribution in [0.3, 0.4) is 0 Å². The molecule has 2 rings (SSSR count). The van der Waals surface area contributed by atoms with Crippen LogP contribution in [0.5, 0.6) is 0 Å². The molecule has 0 spiro atoms. The van der Waals surface area contributed by atoms with Crippen LogP contribution in [-0.4, -0.2) is 20.9 Å². The largest absolute Gasteiger partial charge is 0.352 e. The van der Waals surface area contributed by atoms with Crippen molar-refractivity contribution in [3.05, 3.63) is 65.2 Å². The molecule has 0 heterocycles. The molecule has 0 saturated heterocycles. The number of amides is 1. The van der Waals surface area contributed by atoms with Gasteiger partial charge in [0.25, 0.3) is 5.91 Å². The van der Waals surface area contributed by atoms with Crippen LogP contribution in [0.2, 0.25) is 0 Å². The van der Waals surface area contributed by atoms with Crippen LogP contribution in [0.4, 0.5) is 0 Å². The normalized spacial score (nSPS) is 11.3. The van der Waals surface area contributed by atoms with E-state index in [-0.39, 0.29) is 17.3 Å². The Kier molecular flexibility index (Phi) is 7.36. The molecule has 140 valence electrons. The molecule has 5 nitrogen and oxygen atoms in total. The molecule has 0 bridgehead atoms. The third-order valence-corrected chi connectivity index (χ3v) is 5.46. The smallest absolute Gasteiger partial charge is 0.251 e. The molecular formula is C20H26N2O3S. The van der Waals surface area contributed by atoms with Gasteiger partial charge >= 0.3 is 0 Å². The van der Waals surface area contributed by atoms with Crippen molar-refractivity contribution in [2.45, 2.75) is 44.6 Å². The number of carbonyl (C=O) groups is 1. The van der Waals surface area contributed by atoms with Gasteiger partial charge in [0.2, 0.25) is 10.0 Å². The van der Waals surface area contributed by atoms with Crippen molar-refractivity contribution >= 4 is 15.9 Å². The molecule has 2 N–H and O–H groups in total. The van der Waals surface area contributed by atoms with E-state index in [2.05, 4.69) is 17.0 Å². The van der Waals surface area contributed by atoms with Gasteiger partial charge in [0.05, 0.1) is 4.90 Å². The Labute approximate surface area is 155 Å². The summed E-state index contributed by atoms with van der Waals surface area (Å²) in [6.07, 6.45) is 3.11. The third kappa shape index (κ3) is 5.97. The molecule has 0 atom stereocenters. The first-order valence-corrected chi connectivity index (χ1v) is 10.3. The zero-order valence-electron chi connectivity index (χ0n) is 15.3. The fourth-order valence-corrected chi connectivity index (χ4v) is 3.57. The lowest BCUT2D eigenvalue weighted by Gasteiger charge is -2.09. The van der Waals surface area contributed by atoms with Gasteiger partial charge in [-0.15, -0.1) is 0 Å². The molecule has 0 saturated carbocycles. The van der Waals surface area contributed by atoms with Crippen molar-refractivity contribution in [1.82, 2.24) is 10.0 Å². The highest BCUT2D eigenvalue weighted by molar-refractivity contribution is 7.89. The van der Waals surface area contributed by atoms with Crippen LogP contribution in [0.15, 0.2) is 53.4 Å². The van der Waals surface area contributed by atoms with Crippen LogP contribution in [-0.2, 0) is 16.6 Å². The number of sulfonamides is 1. The highest BCUT2D eigenvalue weighted by Gasteiger charge is 2.14. The van der Waals surface area contributed by atoms with Gasteiger partial charge in [-0.3, -0.25) is 4.79 Å². The monoisotopic (exact) mass is 374 g/mol. The van der Waals surface area contributed by atoms with Gasteiger partial charge in [0.1, 0.15) is 0 Å². The molecule has 0 fully saturated rings. The Hall–Kier alpha value is -2.18. The predicted octanol–water partition coefficient (Wildman–Crippen LogP) is 3.39. The lowest BCUT2D eigenvalue weighted by atomic mass is 10.1. The Bertz CT molecular complexity index is 830. The van der Waals surface area contributed by atoms with Gasteiger partial charge in [-0.05, 0) is 43.2 Å². The number of rotatable bonds is 9. The van der Waals surface area contributed by atoms with Gasteiger partial charge in [-0.25, -0.2) is 13.1 Å². The van der Waals surface area contributed by atoms with Crippen molar-refractivity contribution in [3.8, 4) is 0 Å². The minimum atomic E-state index is -3.62. The first-order valence-electron chi connectivity index (χ1n) is 8.86. The Morgan fingerprint density at radius 3 is 2.42 bits per heavy atom. The molecule has 0 unspecified atom stereocenters. The van der Waals surface area contributed by atoms with E-state index in [0.29, 0.717) is 12.1 Å². The average Bonchev–Trinajstić information content (AvgIpc) is 2.64. The summed E-state index contributed by atoms with van der Waals surface area (Å²) in [6, 6.07) is 13.7. The van der Waals surface area contributed by atoms with Gasteiger partial charge in [0.15, 0.2) is 0 Å². The summed E-state index contributed by atoms with van der Waals surface area (Å²) in [5.41, 5.74) is 2.44. The second-order valence-electron chi connectivity index (χ2n) is 6.30. The Balaban J connectivity index is 1.96. The maximum atomic E-state index is 12.4. The number of hydrogen-bond donors (Lipinski definition) is 2. The average molecular weight is 375 g/mol. The van der Waals surface area contributed by atoms with Crippen molar-refractivity contribution in [2.24, 2.45) is 0 Å². The van der Waals surface area contributed by atoms with E-state index in [1.807, 2.05) is 31.2 Å². The number of aryl methyl sites for hydroxylation is 1. The van der Waals surface area contributed by atoms with E-state index in [9.17, 15) is 13.2 Å². The molecule has 0 aliphatic heterocycles. The van der Waals surface area contributed by atoms with Crippen molar-refractivity contribution in [3.63, 3.8) is 0 Å². The summed E-state index contributed by atoms with van der Waals surface area (Å²) in [4.78, 5) is 12.2. The number of benzene rings is 2. The van der Waals surface area contributed by atoms with Gasteiger partial charge in [-0.2, -0.15) is 0 Å². The molecule has 26 heavy (non-hydrogen) atoms. The molecule has 0 radical (unpaired) electrons. The number of unbranched alkanes of at least 4 members (excludes halogenated alkanes) is 2. The topological polar surface area (TPSA) is 75.3 Å². The summed E-state index contributed by atoms with van der Waals surface area (Å²) >= 11 is 0. The van der Waals surface area contributed by atoms with Crippen molar-refractivity contribution < 1.29 is 13.2 Å². The standard InChI is InChI=1S/C20H26N2O3S/c1-3-4-5-13-21-20(23)18-9-11-19(12-10-18)26(24,25)22-15-17-8-6-7-16(2)14-17/h6-12,14,22H,3-5,13,15H2,1-2H3,(H,21,23). The first kappa shape index (κ1) is 20.1. The van der Waals surface area contributed by atoms with Gasteiger partial charge in [0, 0.05) is 18.7 Å². The Morgan fingerprint density at radius 1 is 1.04 bits per heavy atom. The van der Waals surface area contributed by atoms with Crippen LogP contribution in [0, 0.1) is 6.92 Å². The molecule has 6 heteroatoms. The van der Waals surface area contributed by atoms with Gasteiger partial charge in [-0.1, -0.05) is 49.6 Å². The van der Waals surface area contributed by atoms with E-state index >= 15 is 0 Å². The molecule has 0 aromatic heterocycles. The predicted molar refractivity (Wildman–Crippen MR) is 104 cm³/mol. The van der Waals surface area contributed by atoms with E-state index in [1.165, 1.54) is 24.3 Å². The van der Waals surface area contributed by atoms with Crippen LogP contribution >= 0.6 is 0 Å². The molecular weight excluding hydrogens is 348 g/mol. The SMILES string of the molecule is CCCCCNC(=O)c1ccc(S(=O)(=O)NCc2cccc(C)c2)cc1.